The Balaban J connectivity index is 2.01. The average molecular weight is 298 g/mol. The van der Waals surface area contributed by atoms with Gasteiger partial charge in [0.25, 0.3) is 0 Å². The molecule has 3 aromatic rings. The Morgan fingerprint density at radius 3 is 2.81 bits per heavy atom. The highest BCUT2D eigenvalue weighted by Gasteiger charge is 2.11. The number of methoxy groups -OCH3 is 1. The Kier molecular flexibility index (Phi) is 3.53. The third-order valence-corrected chi connectivity index (χ3v) is 4.00. The van der Waals surface area contributed by atoms with E-state index in [-0.39, 0.29) is 5.84 Å². The van der Waals surface area contributed by atoms with Gasteiger partial charge in [-0.25, -0.2) is 4.98 Å². The molecule has 3 rings (SSSR count). The molecule has 2 aromatic carbocycles. The summed E-state index contributed by atoms with van der Waals surface area (Å²) in [6.07, 6.45) is 0. The van der Waals surface area contributed by atoms with Crippen LogP contribution in [0.15, 0.2) is 52.5 Å². The van der Waals surface area contributed by atoms with Crippen LogP contribution in [0, 0.1) is 5.41 Å². The Bertz CT molecular complexity index is 779. The Hall–Kier alpha value is -2.47. The van der Waals surface area contributed by atoms with Crippen LogP contribution < -0.4 is 10.5 Å². The van der Waals surface area contributed by atoms with E-state index in [0.29, 0.717) is 5.56 Å². The molecule has 21 heavy (non-hydrogen) atoms. The highest BCUT2D eigenvalue weighted by molar-refractivity contribution is 7.99. The predicted molar refractivity (Wildman–Crippen MR) is 84.2 cm³/mol. The van der Waals surface area contributed by atoms with Gasteiger partial charge in [0, 0.05) is 10.5 Å². The number of hydrogen-bond acceptors (Lipinski definition) is 4. The topological polar surface area (TPSA) is 87.8 Å². The number of rotatable bonds is 4. The van der Waals surface area contributed by atoms with Gasteiger partial charge in [-0.2, -0.15) is 0 Å². The van der Waals surface area contributed by atoms with Gasteiger partial charge in [-0.1, -0.05) is 23.9 Å². The van der Waals surface area contributed by atoms with Gasteiger partial charge in [-0.3, -0.25) is 5.41 Å². The number of aromatic nitrogens is 2. The van der Waals surface area contributed by atoms with Crippen LogP contribution in [0.5, 0.6) is 5.75 Å². The van der Waals surface area contributed by atoms with Gasteiger partial charge in [-0.15, -0.1) is 0 Å². The Morgan fingerprint density at radius 1 is 1.29 bits per heavy atom. The fourth-order valence-electron chi connectivity index (χ4n) is 2.02. The Morgan fingerprint density at radius 2 is 2.10 bits per heavy atom. The third-order valence-electron chi connectivity index (χ3n) is 3.05. The number of nitrogen functional groups attached to an aromatic ring is 1. The molecule has 4 N–H and O–H groups in total. The zero-order chi connectivity index (χ0) is 14.8. The van der Waals surface area contributed by atoms with Crippen molar-refractivity contribution in [2.24, 2.45) is 5.73 Å². The largest absolute Gasteiger partial charge is 0.497 e. The van der Waals surface area contributed by atoms with Crippen molar-refractivity contribution in [1.82, 2.24) is 9.97 Å². The Labute approximate surface area is 126 Å². The molecule has 0 amide bonds. The highest BCUT2D eigenvalue weighted by atomic mass is 32.2. The summed E-state index contributed by atoms with van der Waals surface area (Å²) in [5.41, 5.74) is 8.19. The number of para-hydroxylation sites is 2. The molecule has 1 heterocycles. The summed E-state index contributed by atoms with van der Waals surface area (Å²) in [4.78, 5) is 8.60. The number of nitrogens with two attached hydrogens (primary N) is 1. The molecule has 0 fully saturated rings. The number of amidine groups is 1. The number of ether oxygens (including phenoxy) is 1. The summed E-state index contributed by atoms with van der Waals surface area (Å²) in [6, 6.07) is 13.3. The zero-order valence-electron chi connectivity index (χ0n) is 11.4. The van der Waals surface area contributed by atoms with Crippen molar-refractivity contribution in [3.05, 3.63) is 48.0 Å². The molecule has 0 saturated carbocycles. The maximum absolute atomic E-state index is 7.67. The second kappa shape index (κ2) is 5.49. The van der Waals surface area contributed by atoms with E-state index in [1.807, 2.05) is 30.3 Å². The van der Waals surface area contributed by atoms with E-state index in [4.69, 9.17) is 15.9 Å². The smallest absolute Gasteiger partial charge is 0.171 e. The molecular weight excluding hydrogens is 284 g/mol. The molecule has 0 unspecified atom stereocenters. The lowest BCUT2D eigenvalue weighted by Crippen LogP contribution is -2.12. The number of H-pyrrole nitrogens is 1. The summed E-state index contributed by atoms with van der Waals surface area (Å²) in [5, 5.41) is 8.43. The van der Waals surface area contributed by atoms with Crippen LogP contribution in [-0.4, -0.2) is 22.9 Å². The van der Waals surface area contributed by atoms with Crippen LogP contribution in [0.2, 0.25) is 0 Å². The first-order valence-corrected chi connectivity index (χ1v) is 7.14. The van der Waals surface area contributed by atoms with E-state index in [0.717, 1.165) is 26.8 Å². The first kappa shape index (κ1) is 13.5. The monoisotopic (exact) mass is 298 g/mol. The van der Waals surface area contributed by atoms with Crippen LogP contribution in [-0.2, 0) is 0 Å². The van der Waals surface area contributed by atoms with Crippen molar-refractivity contribution in [2.75, 3.05) is 7.11 Å². The van der Waals surface area contributed by atoms with Gasteiger partial charge < -0.3 is 15.5 Å². The molecule has 1 aromatic heterocycles. The number of imidazole rings is 1. The number of nitrogens with one attached hydrogen (secondary N) is 2. The molecule has 0 saturated heterocycles. The van der Waals surface area contributed by atoms with Crippen LogP contribution in [0.1, 0.15) is 5.56 Å². The molecule has 0 radical (unpaired) electrons. The van der Waals surface area contributed by atoms with Crippen molar-refractivity contribution >= 4 is 28.6 Å². The van der Waals surface area contributed by atoms with Crippen molar-refractivity contribution < 1.29 is 4.74 Å². The van der Waals surface area contributed by atoms with Gasteiger partial charge in [0.15, 0.2) is 5.16 Å². The van der Waals surface area contributed by atoms with Gasteiger partial charge in [0.05, 0.1) is 18.1 Å². The van der Waals surface area contributed by atoms with Crippen molar-refractivity contribution in [1.29, 1.82) is 5.41 Å². The molecule has 6 heteroatoms. The van der Waals surface area contributed by atoms with Gasteiger partial charge in [-0.05, 0) is 30.3 Å². The molecule has 5 nitrogen and oxygen atoms in total. The normalized spacial score (nSPS) is 10.7. The van der Waals surface area contributed by atoms with Crippen LogP contribution in [0.25, 0.3) is 11.0 Å². The van der Waals surface area contributed by atoms with Crippen LogP contribution >= 0.6 is 11.8 Å². The van der Waals surface area contributed by atoms with E-state index >= 15 is 0 Å². The van der Waals surface area contributed by atoms with E-state index in [1.54, 1.807) is 19.2 Å². The number of aromatic amines is 1. The highest BCUT2D eigenvalue weighted by Crippen LogP contribution is 2.32. The van der Waals surface area contributed by atoms with Crippen LogP contribution in [0.4, 0.5) is 0 Å². The van der Waals surface area contributed by atoms with Gasteiger partial charge in [0.2, 0.25) is 0 Å². The molecule has 0 aliphatic carbocycles. The fourth-order valence-corrected chi connectivity index (χ4v) is 2.99. The van der Waals surface area contributed by atoms with E-state index < -0.39 is 0 Å². The molecular formula is C15H14N4OS. The minimum absolute atomic E-state index is 0.0243. The van der Waals surface area contributed by atoms with E-state index in [9.17, 15) is 0 Å². The second-order valence-electron chi connectivity index (χ2n) is 4.44. The van der Waals surface area contributed by atoms with Gasteiger partial charge in [0.1, 0.15) is 11.6 Å². The first-order valence-electron chi connectivity index (χ1n) is 6.32. The van der Waals surface area contributed by atoms with E-state index in [1.165, 1.54) is 11.8 Å². The third kappa shape index (κ3) is 2.71. The quantitative estimate of drug-likeness (QED) is 0.510. The molecule has 0 spiro atoms. The zero-order valence-corrected chi connectivity index (χ0v) is 12.2. The number of nitrogens with zero attached hydrogens (tertiary/aromatic N) is 1. The SMILES string of the molecule is COc1ccc(C(=N)N)c(Sc2nc3ccccc3[nH]2)c1. The number of hydrogen-bond donors (Lipinski definition) is 3. The molecule has 106 valence electrons. The molecule has 0 aliphatic rings. The summed E-state index contributed by atoms with van der Waals surface area (Å²) < 4.78 is 5.23. The summed E-state index contributed by atoms with van der Waals surface area (Å²) in [7, 11) is 1.61. The summed E-state index contributed by atoms with van der Waals surface area (Å²) in [6.45, 7) is 0. The summed E-state index contributed by atoms with van der Waals surface area (Å²) in [5.74, 6) is 0.745. The van der Waals surface area contributed by atoms with Crippen molar-refractivity contribution in [3.63, 3.8) is 0 Å². The maximum Gasteiger partial charge on any atom is 0.171 e. The first-order chi connectivity index (χ1) is 10.2. The number of fused-ring (bicyclic) bond motifs is 1. The minimum Gasteiger partial charge on any atom is -0.497 e. The van der Waals surface area contributed by atoms with E-state index in [2.05, 4.69) is 9.97 Å². The predicted octanol–water partition coefficient (Wildman–Crippen LogP) is 3.01. The van der Waals surface area contributed by atoms with Gasteiger partial charge >= 0.3 is 0 Å². The molecule has 0 aliphatic heterocycles. The van der Waals surface area contributed by atoms with Crippen LogP contribution in [0.3, 0.4) is 0 Å². The lowest BCUT2D eigenvalue weighted by Gasteiger charge is -2.08. The molecule has 0 bridgehead atoms. The second-order valence-corrected chi connectivity index (χ2v) is 5.47. The maximum atomic E-state index is 7.67. The minimum atomic E-state index is 0.0243. The lowest BCUT2D eigenvalue weighted by molar-refractivity contribution is 0.413. The van der Waals surface area contributed by atoms with Crippen molar-refractivity contribution in [2.45, 2.75) is 10.1 Å². The standard InChI is InChI=1S/C15H14N4OS/c1-20-9-6-7-10(14(16)17)13(8-9)21-15-18-11-4-2-3-5-12(11)19-15/h2-8H,1H3,(H3,16,17)(H,18,19). The summed E-state index contributed by atoms with van der Waals surface area (Å²) >= 11 is 1.43. The lowest BCUT2D eigenvalue weighted by atomic mass is 10.2. The molecule has 0 atom stereocenters. The fraction of sp³-hybridized carbons (Fsp3) is 0.0667. The van der Waals surface area contributed by atoms with Crippen molar-refractivity contribution in [3.8, 4) is 5.75 Å². The number of benzene rings is 2. The average Bonchev–Trinajstić information content (AvgIpc) is 2.89.